The monoisotopic (exact) mass is 1690 g/mol. The van der Waals surface area contributed by atoms with Crippen LogP contribution < -0.4 is 48.4 Å². The summed E-state index contributed by atoms with van der Waals surface area (Å²) in [5.41, 5.74) is -0.227. The number of aromatic nitrogens is 6. The zero-order chi connectivity index (χ0) is 81.7. The molecular formula is C69H80F6N11O22P3S2. The molecule has 44 heteroatoms. The number of carbonyl (C=O) groups excluding carboxylic acids is 3. The summed E-state index contributed by atoms with van der Waals surface area (Å²) < 4.78 is 198. The minimum atomic E-state index is -4.24. The Morgan fingerprint density at radius 3 is 1.27 bits per heavy atom. The number of halogens is 6. The lowest BCUT2D eigenvalue weighted by Crippen LogP contribution is -2.45. The van der Waals surface area contributed by atoms with Gasteiger partial charge in [-0.2, -0.15) is 41.3 Å². The number of alkyl halides is 6. The molecule has 3 aromatic carbocycles. The van der Waals surface area contributed by atoms with Crippen molar-refractivity contribution in [1.29, 1.82) is 0 Å². The third-order valence-corrected chi connectivity index (χ3v) is 25.6. The Kier molecular flexibility index (Phi) is 23.1. The van der Waals surface area contributed by atoms with Gasteiger partial charge in [-0.25, -0.2) is 28.1 Å². The first-order valence-corrected chi connectivity index (χ1v) is 41.5. The molecule has 3 aromatic heterocycles. The number of phosphoric acid groups is 3. The first-order chi connectivity index (χ1) is 52.8. The summed E-state index contributed by atoms with van der Waals surface area (Å²) in [6.07, 6.45) is -13.9. The number of phosphoric ester groups is 3. The number of rotatable bonds is 15. The lowest BCUT2D eigenvalue weighted by atomic mass is 10.0. The normalized spacial score (nSPS) is 29.3. The van der Waals surface area contributed by atoms with Crippen LogP contribution in [-0.4, -0.2) is 167 Å². The van der Waals surface area contributed by atoms with Gasteiger partial charge in [0.25, 0.3) is 17.7 Å². The van der Waals surface area contributed by atoms with Crippen LogP contribution in [0.15, 0.2) is 116 Å². The maximum absolute atomic E-state index is 15.3. The number of thioether (sulfide) groups is 2. The van der Waals surface area contributed by atoms with E-state index in [2.05, 4.69) is 69.2 Å². The molecule has 12 atom stereocenters. The highest BCUT2D eigenvalue weighted by molar-refractivity contribution is 8.01. The van der Waals surface area contributed by atoms with E-state index >= 15 is 26.3 Å². The van der Waals surface area contributed by atoms with Crippen molar-refractivity contribution in [2.45, 2.75) is 207 Å². The van der Waals surface area contributed by atoms with Gasteiger partial charge < -0.3 is 45.5 Å². The van der Waals surface area contributed by atoms with E-state index in [-0.39, 0.29) is 38.8 Å². The van der Waals surface area contributed by atoms with Crippen molar-refractivity contribution in [2.75, 3.05) is 58.8 Å². The zero-order valence-corrected chi connectivity index (χ0v) is 66.7. The average Bonchev–Trinajstić information content (AvgIpc) is 1.60. The second-order valence-corrected chi connectivity index (χ2v) is 37.6. The van der Waals surface area contributed by atoms with Crippen molar-refractivity contribution in [2.24, 2.45) is 0 Å². The Labute approximate surface area is 649 Å². The van der Waals surface area contributed by atoms with E-state index in [0.717, 1.165) is 51.8 Å². The van der Waals surface area contributed by atoms with Crippen molar-refractivity contribution in [3.63, 3.8) is 0 Å². The molecule has 0 bridgehead atoms. The molecule has 612 valence electrons. The molecule has 6 aromatic rings. The molecule has 33 nitrogen and oxygen atoms in total. The third kappa shape index (κ3) is 18.1. The van der Waals surface area contributed by atoms with Gasteiger partial charge in [0.05, 0.1) is 49.4 Å². The molecule has 9 aliphatic heterocycles. The summed E-state index contributed by atoms with van der Waals surface area (Å²) in [4.78, 5) is 89.7. The standard InChI is InChI=1S/C23H27F2N4O8P.C23H27F2N4O7PS.C23H26F2N3O7PS/c1-12(2)36-38(32)34-10-16-18(37-38)23(24,25)20(35-16)29-8-7-17(27-21(29)31)26-19(30)13-5-6-15-14(9-13)28-22(3,4)11-33-15;1-12(2)35-37(32)33-10-15-18(36-37)23(24,25)20(34-15)29-8-7-17(27-21(29)31)26-19(30)13-5-6-16-14(9-13)28-22(3,4)11-38-16;1-12(2)34-36(31)32-11-15-18(35-36)23(24,25)20(33-15)28-8-7-17(27-21(28)30)26-19(29)13-5-6-16-14(9-13)10-22(3,4)37-16/h5-9,12,16,18,20,28H,10-11H2,1-4H3,(H,26,27,30,31);5-9,12,15,18,20,28H,10-11H2,1-4H3,(H,26,27,30,31);5-9,12,15,18,20H,10-11H2,1-4H3,(H,26,27,29,30)/t16-,18-,20?,38?;15-,18-,20?,37?;15-,18-,20?,36?/m111/s1. The van der Waals surface area contributed by atoms with Crippen LogP contribution in [0.3, 0.4) is 0 Å². The van der Waals surface area contributed by atoms with Gasteiger partial charge >= 0.3 is 58.3 Å². The van der Waals surface area contributed by atoms with Crippen LogP contribution in [0, 0.1) is 0 Å². The summed E-state index contributed by atoms with van der Waals surface area (Å²) in [6.45, 7) is 20.6. The van der Waals surface area contributed by atoms with Gasteiger partial charge in [0.15, 0.2) is 18.3 Å². The lowest BCUT2D eigenvalue weighted by molar-refractivity contribution is -0.139. The number of carbonyl (C=O) groups is 3. The second kappa shape index (κ2) is 31.2. The summed E-state index contributed by atoms with van der Waals surface area (Å²) in [5.74, 6) is -11.8. The molecule has 6 unspecified atom stereocenters. The van der Waals surface area contributed by atoms with Crippen molar-refractivity contribution in [3.05, 3.63) is 145 Å². The summed E-state index contributed by atoms with van der Waals surface area (Å²) >= 11 is 3.42. The van der Waals surface area contributed by atoms with Crippen molar-refractivity contribution < 1.29 is 114 Å². The highest BCUT2D eigenvalue weighted by atomic mass is 32.2. The Balaban J connectivity index is 0.000000148. The summed E-state index contributed by atoms with van der Waals surface area (Å²) in [7, 11) is -12.7. The minimum absolute atomic E-state index is 0.0426. The molecule has 0 saturated carbocycles. The fourth-order valence-corrected chi connectivity index (χ4v) is 20.0. The van der Waals surface area contributed by atoms with E-state index in [4.69, 9.17) is 59.7 Å². The van der Waals surface area contributed by atoms with Crippen molar-refractivity contribution in [1.82, 2.24) is 28.7 Å². The number of amides is 3. The number of hydrogen-bond acceptors (Lipinski definition) is 29. The molecule has 113 heavy (non-hydrogen) atoms. The van der Waals surface area contributed by atoms with Gasteiger partial charge in [0.1, 0.15) is 48.1 Å². The topological polar surface area (TPSA) is 387 Å². The van der Waals surface area contributed by atoms with Crippen LogP contribution in [0.25, 0.3) is 0 Å². The summed E-state index contributed by atoms with van der Waals surface area (Å²) in [6, 6.07) is 19.0. The predicted octanol–water partition coefficient (Wildman–Crippen LogP) is 12.2. The molecule has 0 aliphatic carbocycles. The highest BCUT2D eigenvalue weighted by Gasteiger charge is 2.68. The van der Waals surface area contributed by atoms with Gasteiger partial charge in [0, 0.05) is 66.8 Å². The molecule has 12 heterocycles. The van der Waals surface area contributed by atoms with E-state index in [9.17, 15) is 42.5 Å². The highest BCUT2D eigenvalue weighted by Crippen LogP contribution is 2.63. The number of benzene rings is 3. The van der Waals surface area contributed by atoms with Gasteiger partial charge in [-0.15, -0.1) is 23.5 Å². The summed E-state index contributed by atoms with van der Waals surface area (Å²) in [5, 5.41) is 14.2. The van der Waals surface area contributed by atoms with Gasteiger partial charge in [-0.05, 0) is 154 Å². The van der Waals surface area contributed by atoms with Crippen LogP contribution in [0.5, 0.6) is 5.75 Å². The average molecular weight is 1690 g/mol. The molecule has 15 rings (SSSR count). The third-order valence-electron chi connectivity index (χ3n) is 17.9. The van der Waals surface area contributed by atoms with Crippen LogP contribution in [0.1, 0.15) is 138 Å². The number of nitrogens with zero attached hydrogens (tertiary/aromatic N) is 6. The lowest BCUT2D eigenvalue weighted by Gasteiger charge is -2.33. The van der Waals surface area contributed by atoms with Crippen LogP contribution >= 0.6 is 47.0 Å². The Hall–Kier alpha value is -7.40. The number of nitrogens with one attached hydrogen (secondary N) is 5. The minimum Gasteiger partial charge on any atom is -0.489 e. The van der Waals surface area contributed by atoms with Crippen LogP contribution in [-0.2, 0) is 75.0 Å². The molecule has 9 aliphatic rings. The molecular weight excluding hydrogens is 1610 g/mol. The maximum atomic E-state index is 15.3. The maximum Gasteiger partial charge on any atom is 0.475 e. The van der Waals surface area contributed by atoms with E-state index in [1.807, 2.05) is 26.0 Å². The van der Waals surface area contributed by atoms with E-state index < -0.39 is 169 Å². The first-order valence-electron chi connectivity index (χ1n) is 35.4. The molecule has 3 amide bonds. The fourth-order valence-electron chi connectivity index (χ4n) is 13.0. The fraction of sp³-hybridized carbons (Fsp3) is 0.522. The largest absolute Gasteiger partial charge is 0.489 e. The Bertz CT molecular complexity index is 4860. The number of anilines is 5. The Morgan fingerprint density at radius 2 is 0.876 bits per heavy atom. The van der Waals surface area contributed by atoms with Gasteiger partial charge in [0.2, 0.25) is 18.7 Å². The molecule has 6 saturated heterocycles. The van der Waals surface area contributed by atoms with Crippen molar-refractivity contribution >= 4 is 93.5 Å². The van der Waals surface area contributed by atoms with E-state index in [1.54, 1.807) is 108 Å². The second-order valence-electron chi connectivity index (χ2n) is 30.1. The number of ether oxygens (including phenoxy) is 4. The number of fused-ring (bicyclic) bond motifs is 6. The first kappa shape index (κ1) is 83.5. The molecule has 6 fully saturated rings. The SMILES string of the molecule is CC(C)OP1(=O)OC[C@H]2OC(n3ccc(NC(=O)c4ccc5c(c4)CC(C)(C)S5)nc3=O)C(F)(F)[C@@H]2O1.CC(C)OP1(=O)OC[C@H]2OC(n3ccc(NC(=O)c4ccc5c(c4)NC(C)(C)CO5)nc3=O)C(F)(F)[C@@H]2O1.CC(C)OP1(=O)OC[C@H]2OC(n3ccc(NC(=O)c4ccc5c(c4)NC(C)(C)CS5)nc3=O)C(F)(F)[C@@H]2O1. The van der Waals surface area contributed by atoms with Crippen LogP contribution in [0.2, 0.25) is 0 Å². The Morgan fingerprint density at radius 1 is 0.513 bits per heavy atom. The van der Waals surface area contributed by atoms with Gasteiger partial charge in [-0.1, -0.05) is 13.8 Å². The molecule has 0 radical (unpaired) electrons. The number of hydrogen-bond donors (Lipinski definition) is 5. The predicted molar refractivity (Wildman–Crippen MR) is 394 cm³/mol. The van der Waals surface area contributed by atoms with Crippen molar-refractivity contribution in [3.8, 4) is 5.75 Å². The van der Waals surface area contributed by atoms with E-state index in [1.165, 1.54) is 18.2 Å². The molecule has 0 spiro atoms. The van der Waals surface area contributed by atoms with Crippen LogP contribution in [0.4, 0.5) is 55.2 Å². The smallest absolute Gasteiger partial charge is 0.475 e. The zero-order valence-electron chi connectivity index (χ0n) is 62.4. The quantitative estimate of drug-likeness (QED) is 0.0471. The van der Waals surface area contributed by atoms with Gasteiger partial charge in [-0.3, -0.25) is 68.8 Å². The molecule has 5 N–H and O–H groups in total. The van der Waals surface area contributed by atoms with E-state index in [0.29, 0.717) is 42.9 Å².